The first-order chi connectivity index (χ1) is 9.15. The second kappa shape index (κ2) is 6.93. The van der Waals surface area contributed by atoms with Gasteiger partial charge in [0.05, 0.1) is 5.02 Å². The Bertz CT molecular complexity index is 436. The van der Waals surface area contributed by atoms with Gasteiger partial charge < -0.3 is 10.4 Å². The van der Waals surface area contributed by atoms with Crippen LogP contribution < -0.4 is 5.32 Å². The van der Waals surface area contributed by atoms with Crippen LogP contribution in [0.5, 0.6) is 5.75 Å². The van der Waals surface area contributed by atoms with Crippen LogP contribution in [-0.4, -0.2) is 36.2 Å². The second-order valence-corrected chi connectivity index (χ2v) is 6.14. The van der Waals surface area contributed by atoms with Crippen molar-refractivity contribution in [3.8, 4) is 5.75 Å². The van der Waals surface area contributed by atoms with Crippen LogP contribution >= 0.6 is 27.5 Å². The van der Waals surface area contributed by atoms with Gasteiger partial charge in [0.2, 0.25) is 0 Å². The van der Waals surface area contributed by atoms with Crippen molar-refractivity contribution >= 4 is 27.5 Å². The third kappa shape index (κ3) is 3.43. The Kier molecular flexibility index (Phi) is 5.51. The summed E-state index contributed by atoms with van der Waals surface area (Å²) in [5.41, 5.74) is 0.927. The lowest BCUT2D eigenvalue weighted by Crippen LogP contribution is -2.45. The monoisotopic (exact) mass is 346 g/mol. The van der Waals surface area contributed by atoms with E-state index < -0.39 is 0 Å². The molecule has 1 aromatic carbocycles. The molecule has 1 aliphatic heterocycles. The Morgan fingerprint density at radius 1 is 1.42 bits per heavy atom. The van der Waals surface area contributed by atoms with Gasteiger partial charge in [0.1, 0.15) is 5.75 Å². The highest BCUT2D eigenvalue weighted by Gasteiger charge is 2.26. The molecule has 3 nitrogen and oxygen atoms in total. The summed E-state index contributed by atoms with van der Waals surface area (Å²) >= 11 is 9.62. The van der Waals surface area contributed by atoms with Crippen molar-refractivity contribution in [1.82, 2.24) is 10.2 Å². The molecule has 1 fully saturated rings. The van der Waals surface area contributed by atoms with E-state index in [1.54, 1.807) is 6.07 Å². The zero-order chi connectivity index (χ0) is 13.8. The van der Waals surface area contributed by atoms with Crippen molar-refractivity contribution < 1.29 is 5.11 Å². The summed E-state index contributed by atoms with van der Waals surface area (Å²) in [6.45, 7) is 6.18. The van der Waals surface area contributed by atoms with E-state index in [9.17, 15) is 5.11 Å². The third-order valence-corrected chi connectivity index (χ3v) is 4.60. The van der Waals surface area contributed by atoms with Crippen LogP contribution in [0, 0.1) is 0 Å². The molecule has 1 heterocycles. The Labute approximate surface area is 128 Å². The first kappa shape index (κ1) is 15.1. The molecular formula is C14H20BrClN2O. The lowest BCUT2D eigenvalue weighted by molar-refractivity contribution is 0.161. The number of hydrogen-bond donors (Lipinski definition) is 2. The Balaban J connectivity index is 2.35. The van der Waals surface area contributed by atoms with Crippen LogP contribution in [0.25, 0.3) is 0 Å². The number of hydrogen-bond acceptors (Lipinski definition) is 3. The first-order valence-electron chi connectivity index (χ1n) is 6.76. The smallest absolute Gasteiger partial charge is 0.140 e. The molecule has 1 aliphatic rings. The van der Waals surface area contributed by atoms with Gasteiger partial charge in [-0.25, -0.2) is 0 Å². The van der Waals surface area contributed by atoms with E-state index in [4.69, 9.17) is 11.6 Å². The van der Waals surface area contributed by atoms with Gasteiger partial charge in [0.15, 0.2) is 0 Å². The number of rotatable bonds is 4. The van der Waals surface area contributed by atoms with Crippen LogP contribution in [0.3, 0.4) is 0 Å². The van der Waals surface area contributed by atoms with Crippen LogP contribution in [0.2, 0.25) is 5.02 Å². The van der Waals surface area contributed by atoms with Crippen molar-refractivity contribution in [1.29, 1.82) is 0 Å². The fraction of sp³-hybridized carbons (Fsp3) is 0.571. The van der Waals surface area contributed by atoms with Crippen molar-refractivity contribution in [2.75, 3.05) is 26.2 Å². The SMILES string of the molecule is CCC[C@H](c1c(Br)ccc(Cl)c1O)N1CCNCC1. The van der Waals surface area contributed by atoms with Crippen molar-refractivity contribution in [2.45, 2.75) is 25.8 Å². The van der Waals surface area contributed by atoms with E-state index in [0.717, 1.165) is 49.1 Å². The van der Waals surface area contributed by atoms with Crippen LogP contribution in [0.4, 0.5) is 0 Å². The minimum Gasteiger partial charge on any atom is -0.506 e. The van der Waals surface area contributed by atoms with Crippen LogP contribution in [0.1, 0.15) is 31.4 Å². The lowest BCUT2D eigenvalue weighted by atomic mass is 9.99. The van der Waals surface area contributed by atoms with Gasteiger partial charge in [-0.1, -0.05) is 40.9 Å². The average molecular weight is 348 g/mol. The summed E-state index contributed by atoms with van der Waals surface area (Å²) in [5.74, 6) is 0.216. The largest absolute Gasteiger partial charge is 0.506 e. The minimum absolute atomic E-state index is 0.216. The first-order valence-corrected chi connectivity index (χ1v) is 7.94. The summed E-state index contributed by atoms with van der Waals surface area (Å²) in [5, 5.41) is 14.1. The molecule has 0 saturated carbocycles. The molecule has 0 bridgehead atoms. The number of aromatic hydroxyl groups is 1. The van der Waals surface area contributed by atoms with Crippen molar-refractivity contribution in [2.24, 2.45) is 0 Å². The summed E-state index contributed by atoms with van der Waals surface area (Å²) in [4.78, 5) is 2.43. The third-order valence-electron chi connectivity index (χ3n) is 3.60. The highest BCUT2D eigenvalue weighted by Crippen LogP contribution is 2.41. The maximum absolute atomic E-state index is 10.3. The highest BCUT2D eigenvalue weighted by atomic mass is 79.9. The number of nitrogens with one attached hydrogen (secondary N) is 1. The van der Waals surface area contributed by atoms with Gasteiger partial charge in [0.25, 0.3) is 0 Å². The molecule has 0 aromatic heterocycles. The summed E-state index contributed by atoms with van der Waals surface area (Å²) < 4.78 is 0.936. The minimum atomic E-state index is 0.216. The van der Waals surface area contributed by atoms with Crippen molar-refractivity contribution in [3.05, 3.63) is 27.2 Å². The van der Waals surface area contributed by atoms with Gasteiger partial charge in [-0.3, -0.25) is 4.90 Å². The number of phenols is 1. The fourth-order valence-electron chi connectivity index (χ4n) is 2.65. The molecule has 1 atom stereocenters. The number of halogens is 2. The standard InChI is InChI=1S/C14H20BrClN2O/c1-2-3-12(18-8-6-17-7-9-18)13-10(15)4-5-11(16)14(13)19/h4-5,12,17,19H,2-3,6-9H2,1H3/t12-/m1/s1. The Morgan fingerprint density at radius 2 is 2.11 bits per heavy atom. The molecule has 0 amide bonds. The van der Waals surface area contributed by atoms with E-state index in [-0.39, 0.29) is 11.8 Å². The van der Waals surface area contributed by atoms with Gasteiger partial charge in [-0.2, -0.15) is 0 Å². The molecule has 106 valence electrons. The molecule has 2 rings (SSSR count). The molecule has 0 aliphatic carbocycles. The maximum atomic E-state index is 10.3. The van der Waals surface area contributed by atoms with E-state index >= 15 is 0 Å². The average Bonchev–Trinajstić information content (AvgIpc) is 2.43. The number of piperazine rings is 1. The quantitative estimate of drug-likeness (QED) is 0.874. The normalized spacial score (nSPS) is 18.5. The van der Waals surface area contributed by atoms with Crippen molar-refractivity contribution in [3.63, 3.8) is 0 Å². The van der Waals surface area contributed by atoms with Gasteiger partial charge in [-0.05, 0) is 18.6 Å². The molecule has 19 heavy (non-hydrogen) atoms. The van der Waals surface area contributed by atoms with E-state index in [2.05, 4.69) is 33.1 Å². The van der Waals surface area contributed by atoms with Gasteiger partial charge in [-0.15, -0.1) is 0 Å². The zero-order valence-electron chi connectivity index (χ0n) is 11.1. The van der Waals surface area contributed by atoms with E-state index in [0.29, 0.717) is 5.02 Å². The van der Waals surface area contributed by atoms with E-state index in [1.807, 2.05) is 6.07 Å². The summed E-state index contributed by atoms with van der Waals surface area (Å²) in [6, 6.07) is 3.87. The van der Waals surface area contributed by atoms with Crippen LogP contribution in [0.15, 0.2) is 16.6 Å². The second-order valence-electron chi connectivity index (χ2n) is 4.88. The Hall–Kier alpha value is -0.290. The van der Waals surface area contributed by atoms with Gasteiger partial charge >= 0.3 is 0 Å². The topological polar surface area (TPSA) is 35.5 Å². The molecule has 0 unspecified atom stereocenters. The maximum Gasteiger partial charge on any atom is 0.140 e. The number of nitrogens with zero attached hydrogens (tertiary/aromatic N) is 1. The molecule has 5 heteroatoms. The molecule has 2 N–H and O–H groups in total. The van der Waals surface area contributed by atoms with Crippen LogP contribution in [-0.2, 0) is 0 Å². The number of benzene rings is 1. The molecular weight excluding hydrogens is 328 g/mol. The Morgan fingerprint density at radius 3 is 2.74 bits per heavy atom. The predicted molar refractivity (Wildman–Crippen MR) is 82.9 cm³/mol. The highest BCUT2D eigenvalue weighted by molar-refractivity contribution is 9.10. The van der Waals surface area contributed by atoms with E-state index in [1.165, 1.54) is 0 Å². The summed E-state index contributed by atoms with van der Waals surface area (Å²) in [6.07, 6.45) is 2.10. The zero-order valence-corrected chi connectivity index (χ0v) is 13.5. The summed E-state index contributed by atoms with van der Waals surface area (Å²) in [7, 11) is 0. The molecule has 0 spiro atoms. The predicted octanol–water partition coefficient (Wildman–Crippen LogP) is 3.55. The molecule has 0 radical (unpaired) electrons. The van der Waals surface area contributed by atoms with Gasteiger partial charge in [0, 0.05) is 42.3 Å². The molecule has 1 saturated heterocycles. The number of phenolic OH excluding ortho intramolecular Hbond substituents is 1. The lowest BCUT2D eigenvalue weighted by Gasteiger charge is -2.36. The fourth-order valence-corrected chi connectivity index (χ4v) is 3.40. The molecule has 1 aromatic rings.